The van der Waals surface area contributed by atoms with Gasteiger partial charge in [0.2, 0.25) is 0 Å². The average Bonchev–Trinajstić information content (AvgIpc) is 2.67. The van der Waals surface area contributed by atoms with Gasteiger partial charge in [-0.1, -0.05) is 0 Å². The van der Waals surface area contributed by atoms with Crippen LogP contribution >= 0.6 is 0 Å². The van der Waals surface area contributed by atoms with Crippen LogP contribution in [-0.2, 0) is 0 Å². The average molecular weight is 370 g/mol. The first kappa shape index (κ1) is 17.7. The minimum Gasteiger partial charge on any atom is -0.493 e. The van der Waals surface area contributed by atoms with Crippen molar-refractivity contribution in [1.82, 2.24) is 0 Å². The zero-order valence-electron chi connectivity index (χ0n) is 15.6. The van der Waals surface area contributed by atoms with Crippen molar-refractivity contribution in [3.63, 3.8) is 0 Å². The molecule has 1 fully saturated rings. The maximum absolute atomic E-state index is 12.6. The number of aliphatic hydroxyl groups excluding tert-OH is 1. The summed E-state index contributed by atoms with van der Waals surface area (Å²) in [6, 6.07) is 6.97. The van der Waals surface area contributed by atoms with E-state index in [1.807, 2.05) is 13.0 Å². The molecule has 2 aliphatic rings. The molecule has 4 rings (SSSR count). The Morgan fingerprint density at radius 2 is 1.96 bits per heavy atom. The van der Waals surface area contributed by atoms with E-state index in [9.17, 15) is 9.90 Å². The van der Waals surface area contributed by atoms with Gasteiger partial charge in [-0.15, -0.1) is 0 Å². The Morgan fingerprint density at radius 1 is 1.19 bits per heavy atom. The van der Waals surface area contributed by atoms with Crippen molar-refractivity contribution in [1.29, 1.82) is 0 Å². The summed E-state index contributed by atoms with van der Waals surface area (Å²) in [5.74, 6) is 1.91. The number of aliphatic hydroxyl groups is 1. The van der Waals surface area contributed by atoms with Crippen molar-refractivity contribution in [2.24, 2.45) is 0 Å². The van der Waals surface area contributed by atoms with Gasteiger partial charge in [0.25, 0.3) is 0 Å². The second-order valence-electron chi connectivity index (χ2n) is 7.03. The first-order valence-electron chi connectivity index (χ1n) is 8.95. The molecule has 1 aromatic carbocycles. The van der Waals surface area contributed by atoms with Crippen LogP contribution in [0.15, 0.2) is 39.1 Å². The van der Waals surface area contributed by atoms with Crippen molar-refractivity contribution in [3.05, 3.63) is 45.8 Å². The zero-order valence-corrected chi connectivity index (χ0v) is 15.6. The number of ether oxygens (including phenoxy) is 3. The van der Waals surface area contributed by atoms with E-state index in [2.05, 4.69) is 0 Å². The maximum Gasteiger partial charge on any atom is 0.347 e. The van der Waals surface area contributed by atoms with Gasteiger partial charge in [0.15, 0.2) is 17.1 Å². The highest BCUT2D eigenvalue weighted by molar-refractivity contribution is 5.69. The molecule has 1 N–H and O–H groups in total. The van der Waals surface area contributed by atoms with Crippen molar-refractivity contribution >= 4 is 6.08 Å². The number of rotatable bonds is 3. The number of hydrogen-bond acceptors (Lipinski definition) is 6. The van der Waals surface area contributed by atoms with Gasteiger partial charge in [-0.05, 0) is 56.0 Å². The predicted molar refractivity (Wildman–Crippen MR) is 100 cm³/mol. The van der Waals surface area contributed by atoms with Gasteiger partial charge in [0.1, 0.15) is 17.1 Å². The van der Waals surface area contributed by atoms with E-state index in [-0.39, 0.29) is 0 Å². The molecule has 142 valence electrons. The molecular weight excluding hydrogens is 348 g/mol. The molecule has 2 aromatic rings. The highest BCUT2D eigenvalue weighted by Crippen LogP contribution is 2.44. The second kappa shape index (κ2) is 6.46. The lowest BCUT2D eigenvalue weighted by atomic mass is 9.77. The number of benzene rings is 1. The molecule has 2 atom stereocenters. The van der Waals surface area contributed by atoms with E-state index >= 15 is 0 Å². The molecular formula is C21H22O6. The molecule has 0 amide bonds. The highest BCUT2D eigenvalue weighted by atomic mass is 16.5. The Labute approximate surface area is 157 Å². The Balaban J connectivity index is 1.81. The Morgan fingerprint density at radius 3 is 2.70 bits per heavy atom. The molecule has 2 heterocycles. The minimum absolute atomic E-state index is 0.366. The Bertz CT molecular complexity index is 973. The summed E-state index contributed by atoms with van der Waals surface area (Å²) in [4.78, 5) is 12.6. The van der Waals surface area contributed by atoms with Crippen LogP contribution < -0.4 is 19.8 Å². The summed E-state index contributed by atoms with van der Waals surface area (Å²) in [6.07, 6.45) is 3.54. The number of fused-ring (bicyclic) bond motifs is 2. The molecule has 0 radical (unpaired) electrons. The molecule has 1 saturated carbocycles. The lowest BCUT2D eigenvalue weighted by Gasteiger charge is -2.43. The molecule has 0 spiro atoms. The highest BCUT2D eigenvalue weighted by Gasteiger charge is 2.44. The Kier molecular flexibility index (Phi) is 4.23. The van der Waals surface area contributed by atoms with Crippen molar-refractivity contribution in [2.75, 3.05) is 14.2 Å². The van der Waals surface area contributed by atoms with Gasteiger partial charge < -0.3 is 23.7 Å². The first-order chi connectivity index (χ1) is 13.0. The van der Waals surface area contributed by atoms with E-state index in [0.29, 0.717) is 40.6 Å². The van der Waals surface area contributed by atoms with Crippen LogP contribution in [0.25, 0.3) is 17.4 Å². The van der Waals surface area contributed by atoms with E-state index in [4.69, 9.17) is 18.6 Å². The maximum atomic E-state index is 12.6. The van der Waals surface area contributed by atoms with Gasteiger partial charge >= 0.3 is 5.63 Å². The topological polar surface area (TPSA) is 78.1 Å². The van der Waals surface area contributed by atoms with Gasteiger partial charge in [-0.25, -0.2) is 4.79 Å². The van der Waals surface area contributed by atoms with Crippen LogP contribution in [0.3, 0.4) is 0 Å². The lowest BCUT2D eigenvalue weighted by molar-refractivity contribution is -0.0356. The quantitative estimate of drug-likeness (QED) is 0.892. The lowest BCUT2D eigenvalue weighted by Crippen LogP contribution is -2.50. The largest absolute Gasteiger partial charge is 0.493 e. The van der Waals surface area contributed by atoms with Gasteiger partial charge in [0, 0.05) is 11.6 Å². The summed E-state index contributed by atoms with van der Waals surface area (Å²) in [5.41, 5.74) is 0.710. The zero-order chi connectivity index (χ0) is 19.2. The van der Waals surface area contributed by atoms with Crippen LogP contribution in [0.1, 0.15) is 31.7 Å². The minimum atomic E-state index is -0.812. The third kappa shape index (κ3) is 2.80. The van der Waals surface area contributed by atoms with Crippen LogP contribution in [0.5, 0.6) is 17.2 Å². The van der Waals surface area contributed by atoms with Gasteiger partial charge in [0.05, 0.1) is 20.3 Å². The monoisotopic (exact) mass is 370 g/mol. The fourth-order valence-electron chi connectivity index (χ4n) is 3.80. The molecule has 1 aliphatic heterocycles. The molecule has 6 heteroatoms. The van der Waals surface area contributed by atoms with Crippen molar-refractivity contribution < 1.29 is 23.7 Å². The fraction of sp³-hybridized carbons (Fsp3) is 0.381. The molecule has 0 bridgehead atoms. The molecule has 1 aliphatic carbocycles. The normalized spacial score (nSPS) is 23.6. The summed E-state index contributed by atoms with van der Waals surface area (Å²) in [7, 11) is 3.11. The van der Waals surface area contributed by atoms with E-state index in [0.717, 1.165) is 18.4 Å². The first-order valence-corrected chi connectivity index (χ1v) is 8.95. The summed E-state index contributed by atoms with van der Waals surface area (Å²) in [6.45, 7) is 1.87. The van der Waals surface area contributed by atoms with E-state index < -0.39 is 17.3 Å². The van der Waals surface area contributed by atoms with Crippen molar-refractivity contribution in [2.45, 2.75) is 37.9 Å². The van der Waals surface area contributed by atoms with Crippen molar-refractivity contribution in [3.8, 4) is 28.6 Å². The Hall–Kier alpha value is -2.73. The van der Waals surface area contributed by atoms with Crippen LogP contribution in [-0.4, -0.2) is 31.0 Å². The van der Waals surface area contributed by atoms with Gasteiger partial charge in [-0.3, -0.25) is 0 Å². The smallest absolute Gasteiger partial charge is 0.347 e. The molecule has 0 saturated heterocycles. The summed E-state index contributed by atoms with van der Waals surface area (Å²) in [5, 5.41) is 10.5. The summed E-state index contributed by atoms with van der Waals surface area (Å²) >= 11 is 0. The fourth-order valence-corrected chi connectivity index (χ4v) is 3.80. The molecule has 27 heavy (non-hydrogen) atoms. The van der Waals surface area contributed by atoms with Crippen LogP contribution in [0, 0.1) is 0 Å². The predicted octanol–water partition coefficient (Wildman–Crippen LogP) is 3.40. The van der Waals surface area contributed by atoms with Gasteiger partial charge in [-0.2, -0.15) is 0 Å². The van der Waals surface area contributed by atoms with E-state index in [1.54, 1.807) is 38.5 Å². The number of hydrogen-bond donors (Lipinski definition) is 1. The third-order valence-corrected chi connectivity index (χ3v) is 5.46. The second-order valence-corrected chi connectivity index (χ2v) is 7.03. The standard InChI is InChI=1S/C21H22O6/c1-21-13(5-4-6-19(21)22)10-14-17(27-21)11-16(26-20(14)23)12-7-8-15(24-2)18(9-12)25-3/h7-11,19,22H,4-6H2,1-3H3/t19-,21-/m1/s1. The molecule has 1 aromatic heterocycles. The van der Waals surface area contributed by atoms with Crippen LogP contribution in [0.4, 0.5) is 0 Å². The third-order valence-electron chi connectivity index (χ3n) is 5.46. The molecule has 6 nitrogen and oxygen atoms in total. The van der Waals surface area contributed by atoms with Crippen LogP contribution in [0.2, 0.25) is 0 Å². The summed E-state index contributed by atoms with van der Waals surface area (Å²) < 4.78 is 22.3. The van der Waals surface area contributed by atoms with E-state index in [1.165, 1.54) is 0 Å². The SMILES string of the molecule is COc1ccc(-c2cc3c(c(=O)o2)C=C2CCC[C@@H](O)[C@]2(C)O3)cc1OC. The number of methoxy groups -OCH3 is 2. The molecule has 0 unspecified atom stereocenters.